The van der Waals surface area contributed by atoms with Gasteiger partial charge in [0, 0.05) is 32.7 Å². The molecule has 0 saturated carbocycles. The quantitative estimate of drug-likeness (QED) is 0.692. The predicted molar refractivity (Wildman–Crippen MR) is 38.5 cm³/mol. The minimum atomic E-state index is 0. The van der Waals surface area contributed by atoms with E-state index in [9.17, 15) is 0 Å². The van der Waals surface area contributed by atoms with Crippen LogP contribution in [0.1, 0.15) is 5.56 Å². The molecule has 0 fully saturated rings. The molecule has 1 aromatic rings. The van der Waals surface area contributed by atoms with E-state index in [1.807, 2.05) is 24.3 Å². The Labute approximate surface area is 86.2 Å². The second-order valence-electron chi connectivity index (χ2n) is 1.68. The van der Waals surface area contributed by atoms with Crippen LogP contribution in [0, 0.1) is 6.07 Å². The largest absolute Gasteiger partial charge is 0.412 e. The van der Waals surface area contributed by atoms with E-state index in [4.69, 9.17) is 5.73 Å². The van der Waals surface area contributed by atoms with Crippen LogP contribution in [-0.4, -0.2) is 0 Å². The van der Waals surface area contributed by atoms with Crippen LogP contribution in [0.15, 0.2) is 30.5 Å². The first-order chi connectivity index (χ1) is 4.43. The summed E-state index contributed by atoms with van der Waals surface area (Å²) in [6, 6.07) is 10.7. The molecule has 1 rings (SSSR count). The molecule has 0 spiro atoms. The van der Waals surface area contributed by atoms with Crippen LogP contribution in [0.5, 0.6) is 0 Å². The third-order valence-electron chi connectivity index (χ3n) is 1.01. The zero-order chi connectivity index (χ0) is 6.53. The van der Waals surface area contributed by atoms with Crippen molar-refractivity contribution >= 4 is 6.08 Å². The normalized spacial score (nSPS) is 9.20. The summed E-state index contributed by atoms with van der Waals surface area (Å²) in [6.45, 7) is 0. The first-order valence-corrected chi connectivity index (χ1v) is 2.78. The van der Waals surface area contributed by atoms with E-state index in [0.717, 1.165) is 5.56 Å². The van der Waals surface area contributed by atoms with Gasteiger partial charge in [0.05, 0.1) is 0 Å². The van der Waals surface area contributed by atoms with Gasteiger partial charge < -0.3 is 5.73 Å². The minimum Gasteiger partial charge on any atom is -0.412 e. The molecular formula is C8H8NY-. The summed E-state index contributed by atoms with van der Waals surface area (Å²) in [4.78, 5) is 0. The van der Waals surface area contributed by atoms with Crippen molar-refractivity contribution in [2.45, 2.75) is 0 Å². The van der Waals surface area contributed by atoms with Crippen LogP contribution in [0.3, 0.4) is 0 Å². The van der Waals surface area contributed by atoms with Crippen LogP contribution in [0.4, 0.5) is 0 Å². The second kappa shape index (κ2) is 5.63. The zero-order valence-electron chi connectivity index (χ0n) is 5.62. The van der Waals surface area contributed by atoms with Gasteiger partial charge in [-0.15, -0.1) is 42.0 Å². The van der Waals surface area contributed by atoms with Gasteiger partial charge in [0.15, 0.2) is 0 Å². The van der Waals surface area contributed by atoms with Crippen molar-refractivity contribution in [3.05, 3.63) is 42.1 Å². The fourth-order valence-corrected chi connectivity index (χ4v) is 0.615. The Balaban J connectivity index is 0.000000810. The topological polar surface area (TPSA) is 26.0 Å². The van der Waals surface area contributed by atoms with Gasteiger partial charge in [0.2, 0.25) is 0 Å². The van der Waals surface area contributed by atoms with Crippen molar-refractivity contribution in [2.24, 2.45) is 5.73 Å². The summed E-state index contributed by atoms with van der Waals surface area (Å²) < 4.78 is 0. The number of hydrogen-bond acceptors (Lipinski definition) is 1. The summed E-state index contributed by atoms with van der Waals surface area (Å²) in [5.41, 5.74) is 6.17. The molecule has 2 heteroatoms. The Morgan fingerprint density at radius 1 is 1.40 bits per heavy atom. The van der Waals surface area contributed by atoms with Crippen molar-refractivity contribution in [2.75, 3.05) is 0 Å². The van der Waals surface area contributed by atoms with Gasteiger partial charge in [-0.3, -0.25) is 0 Å². The van der Waals surface area contributed by atoms with Crippen LogP contribution in [-0.2, 0) is 32.7 Å². The molecule has 0 aliphatic rings. The molecule has 1 aromatic carbocycles. The van der Waals surface area contributed by atoms with E-state index in [1.165, 1.54) is 6.20 Å². The van der Waals surface area contributed by atoms with Crippen molar-refractivity contribution in [3.63, 3.8) is 0 Å². The summed E-state index contributed by atoms with van der Waals surface area (Å²) in [5.74, 6) is 0. The molecule has 0 heterocycles. The molecule has 1 nitrogen and oxygen atoms in total. The van der Waals surface area contributed by atoms with Crippen molar-refractivity contribution in [3.8, 4) is 0 Å². The monoisotopic (exact) mass is 207 g/mol. The molecule has 10 heavy (non-hydrogen) atoms. The maximum absolute atomic E-state index is 5.16. The Hall–Kier alpha value is -0.136. The van der Waals surface area contributed by atoms with E-state index < -0.39 is 0 Å². The van der Waals surface area contributed by atoms with Gasteiger partial charge in [0.25, 0.3) is 0 Å². The fourth-order valence-electron chi connectivity index (χ4n) is 0.615. The van der Waals surface area contributed by atoms with E-state index in [2.05, 4.69) is 6.07 Å². The number of hydrogen-bond donors (Lipinski definition) is 1. The number of benzene rings is 1. The van der Waals surface area contributed by atoms with Gasteiger partial charge >= 0.3 is 0 Å². The Kier molecular flexibility index (Phi) is 5.56. The van der Waals surface area contributed by atoms with Crippen LogP contribution < -0.4 is 5.73 Å². The summed E-state index contributed by atoms with van der Waals surface area (Å²) >= 11 is 0. The minimum absolute atomic E-state index is 0. The molecule has 0 aliphatic carbocycles. The summed E-state index contributed by atoms with van der Waals surface area (Å²) in [7, 11) is 0. The first kappa shape index (κ1) is 9.86. The van der Waals surface area contributed by atoms with E-state index >= 15 is 0 Å². The number of nitrogens with two attached hydrogens (primary N) is 1. The van der Waals surface area contributed by atoms with Crippen LogP contribution in [0.25, 0.3) is 6.08 Å². The molecule has 0 unspecified atom stereocenters. The van der Waals surface area contributed by atoms with E-state index in [-0.39, 0.29) is 32.7 Å². The SMILES string of the molecule is N/C=C/c1[c-]cccc1.[Y]. The van der Waals surface area contributed by atoms with Gasteiger partial charge in [-0.1, -0.05) is 0 Å². The molecule has 0 amide bonds. The molecule has 0 atom stereocenters. The standard InChI is InChI=1S/C8H8N.Y/c9-7-6-8-4-2-1-3-5-8;/h1-4,6-7H,9H2;/q-1;/b7-6+;. The van der Waals surface area contributed by atoms with E-state index in [1.54, 1.807) is 6.08 Å². The summed E-state index contributed by atoms with van der Waals surface area (Å²) in [6.07, 6.45) is 3.31. The van der Waals surface area contributed by atoms with Crippen molar-refractivity contribution in [1.82, 2.24) is 0 Å². The van der Waals surface area contributed by atoms with Crippen LogP contribution >= 0.6 is 0 Å². The molecule has 2 N–H and O–H groups in total. The smallest absolute Gasteiger partial charge is 0 e. The molecule has 1 radical (unpaired) electrons. The van der Waals surface area contributed by atoms with Crippen molar-refractivity contribution < 1.29 is 32.7 Å². The zero-order valence-corrected chi connectivity index (χ0v) is 8.46. The maximum Gasteiger partial charge on any atom is 0 e. The van der Waals surface area contributed by atoms with E-state index in [0.29, 0.717) is 0 Å². The molecule has 0 bridgehead atoms. The molecule has 0 aromatic heterocycles. The average Bonchev–Trinajstić information content (AvgIpc) is 1.91. The molecule has 49 valence electrons. The van der Waals surface area contributed by atoms with Gasteiger partial charge in [-0.2, -0.15) is 0 Å². The first-order valence-electron chi connectivity index (χ1n) is 2.78. The Bertz CT molecular complexity index is 194. The van der Waals surface area contributed by atoms with Crippen molar-refractivity contribution in [1.29, 1.82) is 0 Å². The number of rotatable bonds is 1. The fraction of sp³-hybridized carbons (Fsp3) is 0. The molecular weight excluding hydrogens is 199 g/mol. The molecule has 0 saturated heterocycles. The average molecular weight is 207 g/mol. The second-order valence-corrected chi connectivity index (χ2v) is 1.68. The Morgan fingerprint density at radius 2 is 2.20 bits per heavy atom. The van der Waals surface area contributed by atoms with Gasteiger partial charge in [-0.05, 0) is 6.20 Å². The maximum atomic E-state index is 5.16. The van der Waals surface area contributed by atoms with Gasteiger partial charge in [0.1, 0.15) is 0 Å². The van der Waals surface area contributed by atoms with Gasteiger partial charge in [-0.25, -0.2) is 0 Å². The van der Waals surface area contributed by atoms with Crippen LogP contribution in [0.2, 0.25) is 0 Å². The third kappa shape index (κ3) is 3.14. The molecule has 0 aliphatic heterocycles. The predicted octanol–water partition coefficient (Wildman–Crippen LogP) is 1.41. The summed E-state index contributed by atoms with van der Waals surface area (Å²) in [5, 5.41) is 0. The Morgan fingerprint density at radius 3 is 2.70 bits per heavy atom. The third-order valence-corrected chi connectivity index (χ3v) is 1.01.